The second kappa shape index (κ2) is 5.52. The van der Waals surface area contributed by atoms with Crippen LogP contribution in [0.1, 0.15) is 11.1 Å². The molecular formula is C11H10BrNO2. The Bertz CT molecular complexity index is 398. The lowest BCUT2D eigenvalue weighted by molar-refractivity contribution is -0.139. The molecule has 1 rings (SSSR count). The minimum absolute atomic E-state index is 0.331. The lowest BCUT2D eigenvalue weighted by Crippen LogP contribution is -2.18. The smallest absolute Gasteiger partial charge is 0.319 e. The van der Waals surface area contributed by atoms with Crippen LogP contribution in [0.15, 0.2) is 24.3 Å². The van der Waals surface area contributed by atoms with Crippen LogP contribution < -0.4 is 0 Å². The summed E-state index contributed by atoms with van der Waals surface area (Å²) < 4.78 is 4.59. The molecule has 1 aromatic rings. The fraction of sp³-hybridized carbons (Fsp3) is 0.273. The van der Waals surface area contributed by atoms with Crippen LogP contribution in [0, 0.1) is 11.3 Å². The third-order valence-corrected chi connectivity index (χ3v) is 2.69. The van der Waals surface area contributed by atoms with E-state index in [0.717, 1.165) is 5.56 Å². The molecule has 0 fully saturated rings. The van der Waals surface area contributed by atoms with Gasteiger partial charge in [0.2, 0.25) is 0 Å². The summed E-state index contributed by atoms with van der Waals surface area (Å²) in [5.41, 5.74) is 1.43. The van der Waals surface area contributed by atoms with E-state index in [1.54, 1.807) is 12.1 Å². The summed E-state index contributed by atoms with van der Waals surface area (Å²) in [5.74, 6) is -0.331. The van der Waals surface area contributed by atoms with Crippen LogP contribution >= 0.6 is 15.9 Å². The Kier molecular flexibility index (Phi) is 4.32. The number of nitriles is 1. The Balaban J connectivity index is 2.81. The van der Waals surface area contributed by atoms with E-state index in [2.05, 4.69) is 26.7 Å². The minimum Gasteiger partial charge on any atom is -0.468 e. The molecule has 3 nitrogen and oxygen atoms in total. The zero-order valence-corrected chi connectivity index (χ0v) is 9.82. The van der Waals surface area contributed by atoms with E-state index in [9.17, 15) is 4.79 Å². The normalized spacial score (nSPS) is 11.5. The molecule has 0 aromatic heterocycles. The first-order valence-electron chi connectivity index (χ1n) is 4.39. The molecule has 1 atom stereocenters. The van der Waals surface area contributed by atoms with E-state index >= 15 is 0 Å². The highest BCUT2D eigenvalue weighted by Crippen LogP contribution is 2.15. The summed E-state index contributed by atoms with van der Waals surface area (Å²) in [6, 6.07) is 9.28. The van der Waals surface area contributed by atoms with Gasteiger partial charge in [0.25, 0.3) is 0 Å². The Morgan fingerprint density at radius 3 is 2.87 bits per heavy atom. The van der Waals surface area contributed by atoms with Crippen molar-refractivity contribution < 1.29 is 9.53 Å². The maximum atomic E-state index is 11.2. The molecule has 4 heteroatoms. The number of benzene rings is 1. The van der Waals surface area contributed by atoms with Crippen LogP contribution in [0.2, 0.25) is 0 Å². The summed E-state index contributed by atoms with van der Waals surface area (Å²) in [6.07, 6.45) is 0.455. The van der Waals surface area contributed by atoms with Gasteiger partial charge in [-0.15, -0.1) is 0 Å². The highest BCUT2D eigenvalue weighted by atomic mass is 79.9. The first-order chi connectivity index (χ1) is 7.19. The maximum Gasteiger partial charge on any atom is 0.319 e. The van der Waals surface area contributed by atoms with Gasteiger partial charge in [-0.1, -0.05) is 34.1 Å². The number of esters is 1. The van der Waals surface area contributed by atoms with Crippen LogP contribution in [-0.4, -0.2) is 17.9 Å². The van der Waals surface area contributed by atoms with E-state index in [4.69, 9.17) is 5.26 Å². The molecule has 1 unspecified atom stereocenters. The topological polar surface area (TPSA) is 50.1 Å². The molecule has 0 aliphatic rings. The van der Waals surface area contributed by atoms with E-state index in [1.807, 2.05) is 12.1 Å². The summed E-state index contributed by atoms with van der Waals surface area (Å²) in [7, 11) is 1.34. The van der Waals surface area contributed by atoms with Gasteiger partial charge in [-0.05, 0) is 18.1 Å². The highest BCUT2D eigenvalue weighted by Gasteiger charge is 2.16. The number of alkyl halides is 1. The van der Waals surface area contributed by atoms with Crippen molar-refractivity contribution in [3.05, 3.63) is 35.4 Å². The first-order valence-corrected chi connectivity index (χ1v) is 5.30. The second-order valence-electron chi connectivity index (χ2n) is 2.96. The van der Waals surface area contributed by atoms with Crippen molar-refractivity contribution in [3.8, 4) is 6.07 Å². The standard InChI is InChI=1S/C11H10BrNO2/c1-15-11(14)10(12)6-8-4-2-3-5-9(8)7-13/h2-5,10H,6H2,1H3. The molecule has 0 radical (unpaired) electrons. The largest absolute Gasteiger partial charge is 0.468 e. The number of hydrogen-bond acceptors (Lipinski definition) is 3. The molecule has 0 amide bonds. The molecule has 0 bridgehead atoms. The van der Waals surface area contributed by atoms with Crippen LogP contribution in [0.25, 0.3) is 0 Å². The van der Waals surface area contributed by atoms with Gasteiger partial charge in [0.15, 0.2) is 0 Å². The number of carbonyl (C=O) groups excluding carboxylic acids is 1. The molecular weight excluding hydrogens is 258 g/mol. The zero-order valence-electron chi connectivity index (χ0n) is 8.24. The van der Waals surface area contributed by atoms with Crippen molar-refractivity contribution in [2.45, 2.75) is 11.2 Å². The summed E-state index contributed by atoms with van der Waals surface area (Å²) in [4.78, 5) is 10.8. The van der Waals surface area contributed by atoms with Gasteiger partial charge in [0, 0.05) is 0 Å². The number of ether oxygens (including phenoxy) is 1. The molecule has 0 saturated carbocycles. The average Bonchev–Trinajstić information content (AvgIpc) is 2.28. The van der Waals surface area contributed by atoms with Crippen LogP contribution in [0.3, 0.4) is 0 Å². The van der Waals surface area contributed by atoms with Crippen LogP contribution in [0.5, 0.6) is 0 Å². The van der Waals surface area contributed by atoms with E-state index in [1.165, 1.54) is 7.11 Å². The van der Waals surface area contributed by atoms with Gasteiger partial charge >= 0.3 is 5.97 Å². The van der Waals surface area contributed by atoms with Crippen molar-refractivity contribution in [2.75, 3.05) is 7.11 Å². The van der Waals surface area contributed by atoms with Crippen LogP contribution in [0.4, 0.5) is 0 Å². The molecule has 0 N–H and O–H groups in total. The molecule has 1 aromatic carbocycles. The van der Waals surface area contributed by atoms with Gasteiger partial charge < -0.3 is 4.74 Å². The second-order valence-corrected chi connectivity index (χ2v) is 4.07. The van der Waals surface area contributed by atoms with E-state index in [0.29, 0.717) is 12.0 Å². The summed E-state index contributed by atoms with van der Waals surface area (Å²) >= 11 is 3.22. The summed E-state index contributed by atoms with van der Waals surface area (Å²) in [6.45, 7) is 0. The monoisotopic (exact) mass is 267 g/mol. The van der Waals surface area contributed by atoms with Gasteiger partial charge in [-0.3, -0.25) is 4.79 Å². The third-order valence-electron chi connectivity index (χ3n) is 1.99. The highest BCUT2D eigenvalue weighted by molar-refractivity contribution is 9.10. The SMILES string of the molecule is COC(=O)C(Br)Cc1ccccc1C#N. The van der Waals surface area contributed by atoms with Crippen molar-refractivity contribution in [2.24, 2.45) is 0 Å². The third kappa shape index (κ3) is 3.07. The number of nitrogens with zero attached hydrogens (tertiary/aromatic N) is 1. The number of hydrogen-bond donors (Lipinski definition) is 0. The van der Waals surface area contributed by atoms with Gasteiger partial charge in [0.05, 0.1) is 18.7 Å². The maximum absolute atomic E-state index is 11.2. The van der Waals surface area contributed by atoms with Crippen molar-refractivity contribution >= 4 is 21.9 Å². The fourth-order valence-corrected chi connectivity index (χ4v) is 1.75. The Hall–Kier alpha value is -1.34. The van der Waals surface area contributed by atoms with E-state index < -0.39 is 4.83 Å². The van der Waals surface area contributed by atoms with E-state index in [-0.39, 0.29) is 5.97 Å². The predicted octanol–water partition coefficient (Wildman–Crippen LogP) is 2.04. The van der Waals surface area contributed by atoms with Crippen molar-refractivity contribution in [1.29, 1.82) is 5.26 Å². The molecule has 0 aliphatic carbocycles. The molecule has 0 aliphatic heterocycles. The molecule has 0 heterocycles. The van der Waals surface area contributed by atoms with Crippen molar-refractivity contribution in [3.63, 3.8) is 0 Å². The Labute approximate surface area is 96.8 Å². The summed E-state index contributed by atoms with van der Waals surface area (Å²) in [5, 5.41) is 8.85. The van der Waals surface area contributed by atoms with Gasteiger partial charge in [-0.25, -0.2) is 0 Å². The average molecular weight is 268 g/mol. The zero-order chi connectivity index (χ0) is 11.3. The Morgan fingerprint density at radius 1 is 1.60 bits per heavy atom. The number of carbonyl (C=O) groups is 1. The minimum atomic E-state index is -0.406. The number of halogens is 1. The molecule has 15 heavy (non-hydrogen) atoms. The quantitative estimate of drug-likeness (QED) is 0.622. The number of rotatable bonds is 3. The van der Waals surface area contributed by atoms with Crippen molar-refractivity contribution in [1.82, 2.24) is 0 Å². The Morgan fingerprint density at radius 2 is 2.27 bits per heavy atom. The number of methoxy groups -OCH3 is 1. The lowest BCUT2D eigenvalue weighted by Gasteiger charge is -2.08. The van der Waals surface area contributed by atoms with Gasteiger partial charge in [0.1, 0.15) is 4.83 Å². The molecule has 78 valence electrons. The first kappa shape index (κ1) is 11.7. The molecule has 0 spiro atoms. The van der Waals surface area contributed by atoms with Crippen LogP contribution in [-0.2, 0) is 16.0 Å². The lowest BCUT2D eigenvalue weighted by atomic mass is 10.0. The van der Waals surface area contributed by atoms with Gasteiger partial charge in [-0.2, -0.15) is 5.26 Å². The molecule has 0 saturated heterocycles. The predicted molar refractivity (Wildman–Crippen MR) is 59.6 cm³/mol. The fourth-order valence-electron chi connectivity index (χ4n) is 1.21.